The lowest BCUT2D eigenvalue weighted by atomic mass is 10.3. The van der Waals surface area contributed by atoms with Crippen LogP contribution in [0.1, 0.15) is 19.4 Å². The zero-order valence-electron chi connectivity index (χ0n) is 12.4. The highest BCUT2D eigenvalue weighted by atomic mass is 15.2. The topological polar surface area (TPSA) is 69.6 Å². The van der Waals surface area contributed by atoms with Crippen LogP contribution in [0.25, 0.3) is 11.0 Å². The van der Waals surface area contributed by atoms with E-state index in [-0.39, 0.29) is 0 Å². The van der Waals surface area contributed by atoms with Crippen molar-refractivity contribution in [3.63, 3.8) is 0 Å². The van der Waals surface area contributed by atoms with Crippen LogP contribution in [0.15, 0.2) is 43.0 Å². The SMILES string of the molecule is CC.Cc1cnn(C)c1.Nc1ccc2nccnc2c1. The molecule has 3 rings (SSSR count). The molecule has 5 heteroatoms. The molecule has 0 atom stereocenters. The number of aromatic nitrogens is 4. The van der Waals surface area contributed by atoms with E-state index in [1.54, 1.807) is 17.1 Å². The summed E-state index contributed by atoms with van der Waals surface area (Å²) in [6.07, 6.45) is 7.13. The lowest BCUT2D eigenvalue weighted by molar-refractivity contribution is 0.767. The van der Waals surface area contributed by atoms with E-state index in [2.05, 4.69) is 15.1 Å². The van der Waals surface area contributed by atoms with Crippen LogP contribution >= 0.6 is 0 Å². The molecule has 3 aromatic rings. The van der Waals surface area contributed by atoms with E-state index in [9.17, 15) is 0 Å². The van der Waals surface area contributed by atoms with Crippen LogP contribution in [0.3, 0.4) is 0 Å². The molecule has 0 amide bonds. The fourth-order valence-electron chi connectivity index (χ4n) is 1.52. The lowest BCUT2D eigenvalue weighted by Crippen LogP contribution is -1.86. The minimum absolute atomic E-state index is 0.720. The van der Waals surface area contributed by atoms with Crippen molar-refractivity contribution in [3.05, 3.63) is 48.5 Å². The Bertz CT molecular complexity index is 629. The Hall–Kier alpha value is -2.43. The molecule has 2 heterocycles. The van der Waals surface area contributed by atoms with Crippen LogP contribution in [0.5, 0.6) is 0 Å². The van der Waals surface area contributed by atoms with Crippen molar-refractivity contribution in [2.24, 2.45) is 7.05 Å². The number of nitrogen functional groups attached to an aromatic ring is 1. The molecule has 0 aliphatic rings. The van der Waals surface area contributed by atoms with E-state index in [0.29, 0.717) is 0 Å². The molecule has 0 saturated heterocycles. The van der Waals surface area contributed by atoms with Gasteiger partial charge in [-0.1, -0.05) is 13.8 Å². The first-order chi connectivity index (χ1) is 9.65. The first kappa shape index (κ1) is 15.6. The molecule has 0 saturated carbocycles. The summed E-state index contributed by atoms with van der Waals surface area (Å²) < 4.78 is 1.79. The number of nitrogens with zero attached hydrogens (tertiary/aromatic N) is 4. The highest BCUT2D eigenvalue weighted by Gasteiger charge is 1.92. The van der Waals surface area contributed by atoms with Gasteiger partial charge in [0.05, 0.1) is 17.2 Å². The second-order valence-corrected chi connectivity index (χ2v) is 4.00. The molecule has 0 unspecified atom stereocenters. The summed E-state index contributed by atoms with van der Waals surface area (Å²) >= 11 is 0. The molecule has 0 radical (unpaired) electrons. The maximum absolute atomic E-state index is 5.56. The first-order valence-corrected chi connectivity index (χ1v) is 6.56. The van der Waals surface area contributed by atoms with E-state index >= 15 is 0 Å². The molecule has 20 heavy (non-hydrogen) atoms. The minimum Gasteiger partial charge on any atom is -0.399 e. The zero-order chi connectivity index (χ0) is 15.0. The normalized spacial score (nSPS) is 9.20. The van der Waals surface area contributed by atoms with E-state index in [1.807, 2.05) is 58.4 Å². The third-order valence-corrected chi connectivity index (χ3v) is 2.33. The Morgan fingerprint density at radius 1 is 1.05 bits per heavy atom. The Morgan fingerprint density at radius 2 is 1.70 bits per heavy atom. The molecule has 2 aromatic heterocycles. The molecule has 5 nitrogen and oxygen atoms in total. The summed E-state index contributed by atoms with van der Waals surface area (Å²) in [5, 5.41) is 3.93. The number of benzene rings is 1. The molecule has 0 fully saturated rings. The van der Waals surface area contributed by atoms with Crippen LogP contribution in [0.4, 0.5) is 5.69 Å². The molecule has 0 aliphatic heterocycles. The average molecular weight is 271 g/mol. The van der Waals surface area contributed by atoms with Gasteiger partial charge in [0.2, 0.25) is 0 Å². The molecule has 0 aliphatic carbocycles. The number of rotatable bonds is 0. The molecule has 2 N–H and O–H groups in total. The van der Waals surface area contributed by atoms with E-state index in [0.717, 1.165) is 16.7 Å². The third-order valence-electron chi connectivity index (χ3n) is 2.33. The fourth-order valence-corrected chi connectivity index (χ4v) is 1.52. The number of fused-ring (bicyclic) bond motifs is 1. The molecular formula is C15H21N5. The minimum atomic E-state index is 0.720. The van der Waals surface area contributed by atoms with Gasteiger partial charge in [0.1, 0.15) is 0 Å². The zero-order valence-corrected chi connectivity index (χ0v) is 12.4. The second kappa shape index (κ2) is 7.89. The summed E-state index contributed by atoms with van der Waals surface area (Å²) in [4.78, 5) is 8.20. The van der Waals surface area contributed by atoms with Crippen molar-refractivity contribution in [2.75, 3.05) is 5.73 Å². The molecular weight excluding hydrogens is 250 g/mol. The van der Waals surface area contributed by atoms with Crippen LogP contribution in [-0.2, 0) is 7.05 Å². The number of aryl methyl sites for hydroxylation is 2. The van der Waals surface area contributed by atoms with Crippen LogP contribution < -0.4 is 5.73 Å². The Kier molecular flexibility index (Phi) is 6.16. The number of hydrogen-bond donors (Lipinski definition) is 1. The van der Waals surface area contributed by atoms with Gasteiger partial charge >= 0.3 is 0 Å². The van der Waals surface area contributed by atoms with Gasteiger partial charge < -0.3 is 5.73 Å². The monoisotopic (exact) mass is 271 g/mol. The standard InChI is InChI=1S/C8H7N3.C5H8N2.C2H6/c9-6-1-2-7-8(5-6)11-4-3-10-7;1-5-3-6-7(2)4-5;1-2/h1-5H,9H2;3-4H,1-2H3;1-2H3. The van der Waals surface area contributed by atoms with Gasteiger partial charge in [0.25, 0.3) is 0 Å². The lowest BCUT2D eigenvalue weighted by Gasteiger charge is -1.95. The number of nitrogens with two attached hydrogens (primary N) is 1. The van der Waals surface area contributed by atoms with Crippen molar-refractivity contribution in [1.82, 2.24) is 19.7 Å². The van der Waals surface area contributed by atoms with Crippen LogP contribution in [-0.4, -0.2) is 19.7 Å². The van der Waals surface area contributed by atoms with Gasteiger partial charge in [0.15, 0.2) is 0 Å². The Labute approximate surface area is 119 Å². The maximum atomic E-state index is 5.56. The summed E-state index contributed by atoms with van der Waals surface area (Å²) in [6, 6.07) is 5.48. The summed E-state index contributed by atoms with van der Waals surface area (Å²) in [5.74, 6) is 0. The largest absolute Gasteiger partial charge is 0.399 e. The van der Waals surface area contributed by atoms with Gasteiger partial charge in [0, 0.05) is 31.3 Å². The second-order valence-electron chi connectivity index (χ2n) is 4.00. The van der Waals surface area contributed by atoms with Crippen molar-refractivity contribution >= 4 is 16.7 Å². The van der Waals surface area contributed by atoms with Crippen molar-refractivity contribution in [3.8, 4) is 0 Å². The average Bonchev–Trinajstić information content (AvgIpc) is 2.85. The molecule has 0 bridgehead atoms. The molecule has 1 aromatic carbocycles. The Balaban J connectivity index is 0.000000193. The van der Waals surface area contributed by atoms with Gasteiger partial charge in [-0.3, -0.25) is 14.6 Å². The van der Waals surface area contributed by atoms with Crippen molar-refractivity contribution < 1.29 is 0 Å². The highest BCUT2D eigenvalue weighted by Crippen LogP contribution is 2.11. The summed E-state index contributed by atoms with van der Waals surface area (Å²) in [6.45, 7) is 6.02. The highest BCUT2D eigenvalue weighted by molar-refractivity contribution is 5.77. The predicted octanol–water partition coefficient (Wildman–Crippen LogP) is 2.97. The quantitative estimate of drug-likeness (QED) is 0.638. The molecule has 106 valence electrons. The van der Waals surface area contributed by atoms with Crippen molar-refractivity contribution in [1.29, 1.82) is 0 Å². The van der Waals surface area contributed by atoms with E-state index in [4.69, 9.17) is 5.73 Å². The van der Waals surface area contributed by atoms with Crippen LogP contribution in [0.2, 0.25) is 0 Å². The van der Waals surface area contributed by atoms with Gasteiger partial charge in [-0.2, -0.15) is 5.10 Å². The van der Waals surface area contributed by atoms with E-state index < -0.39 is 0 Å². The van der Waals surface area contributed by atoms with E-state index in [1.165, 1.54) is 5.56 Å². The van der Waals surface area contributed by atoms with Gasteiger partial charge in [-0.15, -0.1) is 0 Å². The van der Waals surface area contributed by atoms with Crippen LogP contribution in [0, 0.1) is 6.92 Å². The first-order valence-electron chi connectivity index (χ1n) is 6.56. The fraction of sp³-hybridized carbons (Fsp3) is 0.267. The maximum Gasteiger partial charge on any atom is 0.0907 e. The molecule has 0 spiro atoms. The predicted molar refractivity (Wildman–Crippen MR) is 83.2 cm³/mol. The van der Waals surface area contributed by atoms with Gasteiger partial charge in [-0.25, -0.2) is 0 Å². The van der Waals surface area contributed by atoms with Gasteiger partial charge in [-0.05, 0) is 30.7 Å². The third kappa shape index (κ3) is 4.68. The summed E-state index contributed by atoms with van der Waals surface area (Å²) in [7, 11) is 1.91. The Morgan fingerprint density at radius 3 is 2.20 bits per heavy atom. The smallest absolute Gasteiger partial charge is 0.0907 e. The van der Waals surface area contributed by atoms with Crippen molar-refractivity contribution in [2.45, 2.75) is 20.8 Å². The summed E-state index contributed by atoms with van der Waals surface area (Å²) in [5.41, 5.74) is 9.20. The number of hydrogen-bond acceptors (Lipinski definition) is 4. The number of anilines is 1.